The summed E-state index contributed by atoms with van der Waals surface area (Å²) >= 11 is 1.68. The predicted molar refractivity (Wildman–Crippen MR) is 111 cm³/mol. The summed E-state index contributed by atoms with van der Waals surface area (Å²) in [7, 11) is 0. The Kier molecular flexibility index (Phi) is 4.24. The van der Waals surface area contributed by atoms with Crippen molar-refractivity contribution in [1.29, 1.82) is 0 Å². The van der Waals surface area contributed by atoms with Crippen LogP contribution in [-0.4, -0.2) is 5.78 Å². The van der Waals surface area contributed by atoms with Gasteiger partial charge in [0.25, 0.3) is 0 Å². The molecule has 140 valence electrons. The molecule has 2 N–H and O–H groups in total. The zero-order valence-electron chi connectivity index (χ0n) is 15.1. The summed E-state index contributed by atoms with van der Waals surface area (Å²) in [6.07, 6.45) is 1.19. The van der Waals surface area contributed by atoms with Gasteiger partial charge in [-0.05, 0) is 36.1 Å². The highest BCUT2D eigenvalue weighted by Crippen LogP contribution is 2.45. The average Bonchev–Trinajstić information content (AvgIpc) is 3.17. The summed E-state index contributed by atoms with van der Waals surface area (Å²) in [6.45, 7) is 0. The molecule has 1 aliphatic heterocycles. The largest absolute Gasteiger partial charge is 0.372 e. The molecule has 0 spiro atoms. The van der Waals surface area contributed by atoms with Crippen molar-refractivity contribution in [3.8, 4) is 0 Å². The number of carbonyl (C=O) groups is 1. The fourth-order valence-corrected chi connectivity index (χ4v) is 4.99. The smallest absolute Gasteiger partial charge is 0.163 e. The molecule has 5 heteroatoms. The highest BCUT2D eigenvalue weighted by atomic mass is 32.1. The van der Waals surface area contributed by atoms with Gasteiger partial charge in [-0.1, -0.05) is 36.4 Å². The minimum absolute atomic E-state index is 0.0701. The highest BCUT2D eigenvalue weighted by Gasteiger charge is 2.37. The minimum atomic E-state index is -0.510. The van der Waals surface area contributed by atoms with E-state index in [0.29, 0.717) is 17.6 Å². The SMILES string of the molecule is O=C1C[C@@H](c2cccs2)CC2=C1[C@@H](c1ccccc1F)Nc1ccccc1N2. The standard InChI is InChI=1S/C23H19FN2OS/c24-16-7-2-1-6-15(16)23-22-19(25-17-8-3-4-9-18(17)26-23)12-14(13-20(22)27)21-10-5-11-28-21/h1-11,14,23,25-26H,12-13H2/t14-,23+/m0/s1. The maximum atomic E-state index is 14.7. The number of para-hydroxylation sites is 2. The van der Waals surface area contributed by atoms with Gasteiger partial charge in [0.2, 0.25) is 0 Å². The first-order valence-electron chi connectivity index (χ1n) is 9.37. The lowest BCUT2D eigenvalue weighted by molar-refractivity contribution is -0.116. The van der Waals surface area contributed by atoms with Crippen LogP contribution < -0.4 is 10.6 Å². The summed E-state index contributed by atoms with van der Waals surface area (Å²) in [6, 6.07) is 18.1. The number of hydrogen-bond donors (Lipinski definition) is 2. The van der Waals surface area contributed by atoms with Crippen molar-refractivity contribution in [2.45, 2.75) is 24.8 Å². The molecule has 0 saturated heterocycles. The molecule has 0 fully saturated rings. The van der Waals surface area contributed by atoms with E-state index in [9.17, 15) is 9.18 Å². The molecule has 2 aliphatic rings. The molecule has 2 heterocycles. The van der Waals surface area contributed by atoms with Crippen molar-refractivity contribution in [2.75, 3.05) is 10.6 Å². The van der Waals surface area contributed by atoms with Gasteiger partial charge < -0.3 is 10.6 Å². The van der Waals surface area contributed by atoms with Crippen LogP contribution in [0.3, 0.4) is 0 Å². The van der Waals surface area contributed by atoms with Crippen molar-refractivity contribution in [1.82, 2.24) is 0 Å². The maximum Gasteiger partial charge on any atom is 0.163 e. The molecule has 0 amide bonds. The number of hydrogen-bond acceptors (Lipinski definition) is 4. The second-order valence-electron chi connectivity index (χ2n) is 7.21. The summed E-state index contributed by atoms with van der Waals surface area (Å²) in [5.74, 6) is -0.0783. The molecule has 1 aliphatic carbocycles. The van der Waals surface area contributed by atoms with E-state index in [2.05, 4.69) is 16.7 Å². The number of anilines is 2. The molecule has 0 unspecified atom stereocenters. The van der Waals surface area contributed by atoms with Crippen LogP contribution in [0.15, 0.2) is 77.3 Å². The first-order valence-corrected chi connectivity index (χ1v) is 10.3. The minimum Gasteiger partial charge on any atom is -0.372 e. The van der Waals surface area contributed by atoms with Crippen molar-refractivity contribution in [2.24, 2.45) is 0 Å². The zero-order valence-corrected chi connectivity index (χ0v) is 15.9. The Morgan fingerprint density at radius 1 is 0.929 bits per heavy atom. The van der Waals surface area contributed by atoms with Crippen molar-refractivity contribution in [3.63, 3.8) is 0 Å². The fraction of sp³-hybridized carbons (Fsp3) is 0.174. The van der Waals surface area contributed by atoms with Crippen LogP contribution in [0, 0.1) is 5.82 Å². The van der Waals surface area contributed by atoms with Crippen LogP contribution in [0.5, 0.6) is 0 Å². The second kappa shape index (κ2) is 6.91. The van der Waals surface area contributed by atoms with Crippen LogP contribution in [0.4, 0.5) is 15.8 Å². The van der Waals surface area contributed by atoms with Gasteiger partial charge in [0.1, 0.15) is 5.82 Å². The maximum absolute atomic E-state index is 14.7. The van der Waals surface area contributed by atoms with E-state index < -0.39 is 6.04 Å². The number of nitrogens with one attached hydrogen (secondary N) is 2. The molecular formula is C23H19FN2OS. The number of Topliss-reactive ketones (excluding diaryl/α,β-unsaturated/α-hetero) is 1. The van der Waals surface area contributed by atoms with Gasteiger partial charge in [-0.2, -0.15) is 0 Å². The lowest BCUT2D eigenvalue weighted by atomic mass is 9.80. The number of rotatable bonds is 2. The molecular weight excluding hydrogens is 371 g/mol. The van der Waals surface area contributed by atoms with Gasteiger partial charge in [0, 0.05) is 34.0 Å². The molecule has 5 rings (SSSR count). The van der Waals surface area contributed by atoms with Gasteiger partial charge in [0.05, 0.1) is 17.4 Å². The quantitative estimate of drug-likeness (QED) is 0.575. The van der Waals surface area contributed by atoms with Crippen LogP contribution in [-0.2, 0) is 4.79 Å². The number of benzene rings is 2. The molecule has 2 aromatic carbocycles. The molecule has 3 aromatic rings. The van der Waals surface area contributed by atoms with E-state index in [1.165, 1.54) is 10.9 Å². The molecule has 2 atom stereocenters. The Labute approximate surface area is 166 Å². The third kappa shape index (κ3) is 2.92. The summed E-state index contributed by atoms with van der Waals surface area (Å²) in [4.78, 5) is 14.5. The van der Waals surface area contributed by atoms with Crippen LogP contribution in [0.25, 0.3) is 0 Å². The van der Waals surface area contributed by atoms with Crippen molar-refractivity contribution < 1.29 is 9.18 Å². The van der Waals surface area contributed by atoms with E-state index in [-0.39, 0.29) is 17.5 Å². The third-order valence-electron chi connectivity index (χ3n) is 5.47. The van der Waals surface area contributed by atoms with Gasteiger partial charge in [0.15, 0.2) is 5.78 Å². The first kappa shape index (κ1) is 17.2. The van der Waals surface area contributed by atoms with E-state index in [1.54, 1.807) is 23.5 Å². The van der Waals surface area contributed by atoms with Gasteiger partial charge >= 0.3 is 0 Å². The lowest BCUT2D eigenvalue weighted by Crippen LogP contribution is -2.27. The highest BCUT2D eigenvalue weighted by molar-refractivity contribution is 7.10. The number of thiophene rings is 1. The summed E-state index contributed by atoms with van der Waals surface area (Å²) < 4.78 is 14.7. The van der Waals surface area contributed by atoms with Gasteiger partial charge in [-0.3, -0.25) is 4.79 Å². The Morgan fingerprint density at radius 3 is 2.50 bits per heavy atom. The molecule has 0 radical (unpaired) electrons. The number of carbonyl (C=O) groups excluding carboxylic acids is 1. The topological polar surface area (TPSA) is 41.1 Å². The third-order valence-corrected chi connectivity index (χ3v) is 6.51. The summed E-state index contributed by atoms with van der Waals surface area (Å²) in [5.41, 5.74) is 3.81. The lowest BCUT2D eigenvalue weighted by Gasteiger charge is -2.29. The van der Waals surface area contributed by atoms with Crippen LogP contribution in [0.2, 0.25) is 0 Å². The Hall–Kier alpha value is -2.92. The Balaban J connectivity index is 1.65. The van der Waals surface area contributed by atoms with E-state index in [4.69, 9.17) is 0 Å². The molecule has 1 aromatic heterocycles. The average molecular weight is 390 g/mol. The fourth-order valence-electron chi connectivity index (χ4n) is 4.16. The van der Waals surface area contributed by atoms with Gasteiger partial charge in [-0.25, -0.2) is 4.39 Å². The zero-order chi connectivity index (χ0) is 19.1. The first-order chi connectivity index (χ1) is 13.7. The molecule has 3 nitrogen and oxygen atoms in total. The Morgan fingerprint density at radius 2 is 1.71 bits per heavy atom. The molecule has 28 heavy (non-hydrogen) atoms. The second-order valence-corrected chi connectivity index (χ2v) is 8.18. The van der Waals surface area contributed by atoms with Crippen molar-refractivity contribution >= 4 is 28.5 Å². The monoisotopic (exact) mass is 390 g/mol. The van der Waals surface area contributed by atoms with E-state index >= 15 is 0 Å². The van der Waals surface area contributed by atoms with E-state index in [1.807, 2.05) is 41.8 Å². The Bertz CT molecular complexity index is 1070. The molecule has 0 bridgehead atoms. The number of fused-ring (bicyclic) bond motifs is 1. The number of halogens is 1. The van der Waals surface area contributed by atoms with E-state index in [0.717, 1.165) is 23.5 Å². The molecule has 0 saturated carbocycles. The number of ketones is 1. The number of allylic oxidation sites excluding steroid dienone is 1. The van der Waals surface area contributed by atoms with Gasteiger partial charge in [-0.15, -0.1) is 11.3 Å². The summed E-state index contributed by atoms with van der Waals surface area (Å²) in [5, 5.41) is 8.94. The van der Waals surface area contributed by atoms with Crippen LogP contribution >= 0.6 is 11.3 Å². The van der Waals surface area contributed by atoms with Crippen molar-refractivity contribution in [3.05, 3.63) is 93.6 Å². The van der Waals surface area contributed by atoms with Crippen LogP contribution in [0.1, 0.15) is 35.2 Å². The predicted octanol–water partition coefficient (Wildman–Crippen LogP) is 5.87. The normalized spacial score (nSPS) is 21.2.